The van der Waals surface area contributed by atoms with Gasteiger partial charge in [0.25, 0.3) is 11.4 Å². The number of ether oxygens (including phenoxy) is 2. The zero-order valence-corrected chi connectivity index (χ0v) is 18.6. The van der Waals surface area contributed by atoms with Gasteiger partial charge in [0.1, 0.15) is 23.1 Å². The molecule has 0 amide bonds. The van der Waals surface area contributed by atoms with E-state index in [0.29, 0.717) is 39.8 Å². The minimum absolute atomic E-state index is 0.225. The Morgan fingerprint density at radius 1 is 1.26 bits per heavy atom. The third-order valence-corrected chi connectivity index (χ3v) is 6.50. The molecule has 1 aliphatic rings. The topological polar surface area (TPSA) is 96.7 Å². The number of imidazole rings is 1. The van der Waals surface area contributed by atoms with Gasteiger partial charge in [-0.15, -0.1) is 0 Å². The molecule has 4 aromatic rings. The summed E-state index contributed by atoms with van der Waals surface area (Å²) in [7, 11) is 3.19. The summed E-state index contributed by atoms with van der Waals surface area (Å²) in [4.78, 5) is 22.6. The number of aromatic nitrogens is 5. The number of halogens is 2. The van der Waals surface area contributed by atoms with E-state index in [-0.39, 0.29) is 22.4 Å². The molecular formula is C20H19Cl2N5O4. The van der Waals surface area contributed by atoms with E-state index < -0.39 is 5.60 Å². The van der Waals surface area contributed by atoms with E-state index in [9.17, 15) is 4.79 Å². The molecule has 5 rings (SSSR count). The Morgan fingerprint density at radius 3 is 2.71 bits per heavy atom. The fourth-order valence-electron chi connectivity index (χ4n) is 3.93. The van der Waals surface area contributed by atoms with Gasteiger partial charge < -0.3 is 14.0 Å². The lowest BCUT2D eigenvalue weighted by molar-refractivity contribution is 0.0492. The molecule has 1 fully saturated rings. The predicted molar refractivity (Wildman–Crippen MR) is 115 cm³/mol. The molecule has 11 heteroatoms. The summed E-state index contributed by atoms with van der Waals surface area (Å²) in [6.45, 7) is 2.18. The molecular weight excluding hydrogens is 445 g/mol. The zero-order valence-electron chi connectivity index (χ0n) is 17.1. The summed E-state index contributed by atoms with van der Waals surface area (Å²) in [6.07, 6.45) is 3.16. The number of benzene rings is 1. The highest BCUT2D eigenvalue weighted by atomic mass is 35.5. The van der Waals surface area contributed by atoms with Crippen LogP contribution in [0.25, 0.3) is 28.1 Å². The highest BCUT2D eigenvalue weighted by molar-refractivity contribution is 6.45. The molecule has 1 aliphatic carbocycles. The lowest BCUT2D eigenvalue weighted by atomic mass is 10.2. The van der Waals surface area contributed by atoms with Crippen LogP contribution in [0.2, 0.25) is 10.0 Å². The van der Waals surface area contributed by atoms with Crippen LogP contribution in [0.5, 0.6) is 0 Å². The molecule has 0 spiro atoms. The molecule has 9 nitrogen and oxygen atoms in total. The standard InChI is InChI=1S/C20H19Cl2N5O4/c1-10(8-29-2)27-15-12(5-4-11(21)13(15)22)26-9-23-14(16(26)18(27)28)17-24-19(31-25-17)20(30-3)6-7-20/h4-5,9-10H,6-8H2,1-3H3. The maximum absolute atomic E-state index is 13.7. The van der Waals surface area contributed by atoms with Gasteiger partial charge in [0.2, 0.25) is 5.82 Å². The van der Waals surface area contributed by atoms with Crippen molar-refractivity contribution in [1.82, 2.24) is 24.1 Å². The Labute approximate surface area is 186 Å². The van der Waals surface area contributed by atoms with Crippen molar-refractivity contribution < 1.29 is 14.0 Å². The van der Waals surface area contributed by atoms with Gasteiger partial charge in [0.15, 0.2) is 0 Å². The van der Waals surface area contributed by atoms with E-state index >= 15 is 0 Å². The lowest BCUT2D eigenvalue weighted by Crippen LogP contribution is -2.28. The van der Waals surface area contributed by atoms with Crippen LogP contribution in [0.1, 0.15) is 31.7 Å². The third kappa shape index (κ3) is 2.99. The molecule has 31 heavy (non-hydrogen) atoms. The van der Waals surface area contributed by atoms with Crippen LogP contribution in [0.15, 0.2) is 27.8 Å². The smallest absolute Gasteiger partial charge is 0.278 e. The summed E-state index contributed by atoms with van der Waals surface area (Å²) < 4.78 is 19.5. The summed E-state index contributed by atoms with van der Waals surface area (Å²) in [5.41, 5.74) is 0.954. The second kappa shape index (κ2) is 7.30. The van der Waals surface area contributed by atoms with Gasteiger partial charge in [-0.1, -0.05) is 28.4 Å². The SMILES string of the molecule is COCC(C)n1c(=O)c2c(-c3noc(C4(OC)CC4)n3)ncn2c2ccc(Cl)c(Cl)c21. The first-order valence-corrected chi connectivity index (χ1v) is 10.5. The minimum Gasteiger partial charge on any atom is -0.383 e. The van der Waals surface area contributed by atoms with Gasteiger partial charge in [-0.05, 0) is 31.9 Å². The predicted octanol–water partition coefficient (Wildman–Crippen LogP) is 3.85. The Kier molecular flexibility index (Phi) is 4.82. The van der Waals surface area contributed by atoms with E-state index in [1.54, 1.807) is 41.6 Å². The molecule has 1 unspecified atom stereocenters. The first kappa shape index (κ1) is 20.4. The highest BCUT2D eigenvalue weighted by Crippen LogP contribution is 2.48. The molecule has 0 radical (unpaired) electrons. The Hall–Kier alpha value is -2.46. The van der Waals surface area contributed by atoms with Crippen LogP contribution in [-0.4, -0.2) is 44.9 Å². The lowest BCUT2D eigenvalue weighted by Gasteiger charge is -2.19. The number of rotatable bonds is 6. The van der Waals surface area contributed by atoms with Crippen LogP contribution >= 0.6 is 23.2 Å². The van der Waals surface area contributed by atoms with Gasteiger partial charge >= 0.3 is 0 Å². The summed E-state index contributed by atoms with van der Waals surface area (Å²) in [5, 5.41) is 4.70. The van der Waals surface area contributed by atoms with Crippen molar-refractivity contribution in [3.63, 3.8) is 0 Å². The minimum atomic E-state index is -0.537. The van der Waals surface area contributed by atoms with Crippen LogP contribution in [-0.2, 0) is 15.1 Å². The van der Waals surface area contributed by atoms with Gasteiger partial charge in [0, 0.05) is 14.2 Å². The summed E-state index contributed by atoms with van der Waals surface area (Å²) >= 11 is 12.8. The van der Waals surface area contributed by atoms with E-state index in [4.69, 9.17) is 37.2 Å². The highest BCUT2D eigenvalue weighted by Gasteiger charge is 2.50. The maximum Gasteiger partial charge on any atom is 0.278 e. The van der Waals surface area contributed by atoms with Crippen molar-refractivity contribution in [2.45, 2.75) is 31.4 Å². The molecule has 1 aromatic carbocycles. The fraction of sp³-hybridized carbons (Fsp3) is 0.400. The van der Waals surface area contributed by atoms with Crippen molar-refractivity contribution in [3.8, 4) is 11.5 Å². The van der Waals surface area contributed by atoms with Gasteiger partial charge in [-0.2, -0.15) is 4.98 Å². The van der Waals surface area contributed by atoms with Crippen LogP contribution in [0.4, 0.5) is 0 Å². The number of methoxy groups -OCH3 is 2. The van der Waals surface area contributed by atoms with Gasteiger partial charge in [-0.3, -0.25) is 13.8 Å². The van der Waals surface area contributed by atoms with Gasteiger partial charge in [-0.25, -0.2) is 4.98 Å². The number of nitrogens with zero attached hydrogens (tertiary/aromatic N) is 5. The third-order valence-electron chi connectivity index (χ3n) is 5.71. The van der Waals surface area contributed by atoms with Crippen molar-refractivity contribution in [2.24, 2.45) is 0 Å². The molecule has 162 valence electrons. The normalized spacial score (nSPS) is 16.3. The average Bonchev–Trinajstić information content (AvgIpc) is 3.18. The second-order valence-corrected chi connectivity index (χ2v) is 8.43. The summed E-state index contributed by atoms with van der Waals surface area (Å²) in [5.74, 6) is 0.609. The molecule has 3 heterocycles. The Morgan fingerprint density at radius 2 is 2.03 bits per heavy atom. The molecule has 3 aromatic heterocycles. The van der Waals surface area contributed by atoms with E-state index in [2.05, 4.69) is 15.1 Å². The Balaban J connectivity index is 1.80. The first-order chi connectivity index (χ1) is 14.9. The molecule has 0 aliphatic heterocycles. The van der Waals surface area contributed by atoms with Gasteiger partial charge in [0.05, 0.1) is 33.7 Å². The number of hydrogen-bond acceptors (Lipinski definition) is 7. The largest absolute Gasteiger partial charge is 0.383 e. The molecule has 0 N–H and O–H groups in total. The van der Waals surface area contributed by atoms with Crippen molar-refractivity contribution >= 4 is 39.8 Å². The molecule has 1 saturated carbocycles. The summed E-state index contributed by atoms with van der Waals surface area (Å²) in [6, 6.07) is 3.17. The van der Waals surface area contributed by atoms with E-state index in [0.717, 1.165) is 12.8 Å². The van der Waals surface area contributed by atoms with Crippen LogP contribution in [0, 0.1) is 0 Å². The van der Waals surface area contributed by atoms with Crippen LogP contribution < -0.4 is 5.56 Å². The van der Waals surface area contributed by atoms with Crippen molar-refractivity contribution in [3.05, 3.63) is 44.7 Å². The monoisotopic (exact) mass is 463 g/mol. The number of hydrogen-bond donors (Lipinski definition) is 0. The first-order valence-electron chi connectivity index (χ1n) is 9.69. The van der Waals surface area contributed by atoms with Crippen molar-refractivity contribution in [2.75, 3.05) is 20.8 Å². The molecule has 0 bridgehead atoms. The van der Waals surface area contributed by atoms with Crippen molar-refractivity contribution in [1.29, 1.82) is 0 Å². The molecule has 1 atom stereocenters. The number of fused-ring (bicyclic) bond motifs is 3. The fourth-order valence-corrected chi connectivity index (χ4v) is 4.33. The molecule has 0 saturated heterocycles. The quantitative estimate of drug-likeness (QED) is 0.428. The zero-order chi connectivity index (χ0) is 21.9. The second-order valence-electron chi connectivity index (χ2n) is 7.64. The van der Waals surface area contributed by atoms with E-state index in [1.807, 2.05) is 6.92 Å². The van der Waals surface area contributed by atoms with Crippen LogP contribution in [0.3, 0.4) is 0 Å². The Bertz CT molecular complexity index is 1370. The van der Waals surface area contributed by atoms with E-state index in [1.165, 1.54) is 0 Å². The maximum atomic E-state index is 13.7. The average molecular weight is 464 g/mol.